The first kappa shape index (κ1) is 20.4. The molecule has 2 unspecified atom stereocenters. The van der Waals surface area contributed by atoms with Gasteiger partial charge in [-0.1, -0.05) is 13.0 Å². The van der Waals surface area contributed by atoms with E-state index < -0.39 is 23.3 Å². The molecule has 3 rings (SSSR count). The lowest BCUT2D eigenvalue weighted by molar-refractivity contribution is -0.142. The summed E-state index contributed by atoms with van der Waals surface area (Å²) in [7, 11) is 0. The molecule has 3 nitrogen and oxygen atoms in total. The summed E-state index contributed by atoms with van der Waals surface area (Å²) in [5, 5.41) is 0. The summed E-state index contributed by atoms with van der Waals surface area (Å²) in [6, 6.07) is 2.46. The SMILES string of the molecule is Cc1ccc(OC[C@@H]2CCC([C@@H]3CCC(C)CO3)CO2)c(C(F)(F)F)c1F. The van der Waals surface area contributed by atoms with Crippen LogP contribution in [0.15, 0.2) is 12.1 Å². The Bertz CT molecular complexity index is 631. The number of ether oxygens (including phenoxy) is 3. The molecule has 2 fully saturated rings. The van der Waals surface area contributed by atoms with Crippen molar-refractivity contribution in [3.8, 4) is 5.75 Å². The van der Waals surface area contributed by atoms with Crippen LogP contribution in [0.2, 0.25) is 0 Å². The Labute approximate surface area is 157 Å². The van der Waals surface area contributed by atoms with E-state index in [1.807, 2.05) is 0 Å². The van der Waals surface area contributed by atoms with Crippen LogP contribution in [0.1, 0.15) is 43.7 Å². The quantitative estimate of drug-likeness (QED) is 0.666. The molecule has 2 saturated heterocycles. The number of benzene rings is 1. The van der Waals surface area contributed by atoms with Crippen LogP contribution in [0.3, 0.4) is 0 Å². The Morgan fingerprint density at radius 3 is 2.44 bits per heavy atom. The topological polar surface area (TPSA) is 27.7 Å². The zero-order valence-corrected chi connectivity index (χ0v) is 15.7. The molecule has 27 heavy (non-hydrogen) atoms. The molecule has 0 aliphatic carbocycles. The average Bonchev–Trinajstić information content (AvgIpc) is 2.63. The van der Waals surface area contributed by atoms with E-state index in [1.165, 1.54) is 19.1 Å². The van der Waals surface area contributed by atoms with E-state index in [4.69, 9.17) is 14.2 Å². The van der Waals surface area contributed by atoms with Gasteiger partial charge in [-0.3, -0.25) is 0 Å². The second-order valence-electron chi connectivity index (χ2n) is 7.73. The van der Waals surface area contributed by atoms with Crippen LogP contribution in [-0.2, 0) is 15.7 Å². The number of hydrogen-bond acceptors (Lipinski definition) is 3. The predicted octanol–water partition coefficient (Wildman–Crippen LogP) is 5.14. The molecule has 2 heterocycles. The second kappa shape index (κ2) is 8.35. The Morgan fingerprint density at radius 1 is 1.07 bits per heavy atom. The first-order valence-corrected chi connectivity index (χ1v) is 9.48. The molecule has 0 spiro atoms. The molecule has 0 bridgehead atoms. The maximum atomic E-state index is 14.0. The highest BCUT2D eigenvalue weighted by molar-refractivity contribution is 5.40. The van der Waals surface area contributed by atoms with Gasteiger partial charge in [0.05, 0.1) is 18.8 Å². The lowest BCUT2D eigenvalue weighted by atomic mass is 9.87. The summed E-state index contributed by atoms with van der Waals surface area (Å²) in [5.74, 6) is -0.866. The summed E-state index contributed by atoms with van der Waals surface area (Å²) in [4.78, 5) is 0. The highest BCUT2D eigenvalue weighted by Gasteiger charge is 2.39. The number of rotatable bonds is 4. The number of alkyl halides is 3. The third-order valence-electron chi connectivity index (χ3n) is 5.48. The van der Waals surface area contributed by atoms with Crippen molar-refractivity contribution in [1.82, 2.24) is 0 Å². The van der Waals surface area contributed by atoms with Crippen molar-refractivity contribution < 1.29 is 31.8 Å². The van der Waals surface area contributed by atoms with Crippen molar-refractivity contribution in [3.05, 3.63) is 29.1 Å². The summed E-state index contributed by atoms with van der Waals surface area (Å²) in [6.07, 6.45) is -1.15. The molecule has 0 aromatic heterocycles. The first-order valence-electron chi connectivity index (χ1n) is 9.48. The second-order valence-corrected chi connectivity index (χ2v) is 7.73. The molecule has 0 saturated carbocycles. The molecule has 0 amide bonds. The lowest BCUT2D eigenvalue weighted by Crippen LogP contribution is -2.39. The fourth-order valence-corrected chi connectivity index (χ4v) is 3.76. The number of hydrogen-bond donors (Lipinski definition) is 0. The number of halogens is 4. The van der Waals surface area contributed by atoms with Gasteiger partial charge in [0.25, 0.3) is 0 Å². The third-order valence-corrected chi connectivity index (χ3v) is 5.48. The summed E-state index contributed by atoms with van der Waals surface area (Å²) < 4.78 is 70.5. The van der Waals surface area contributed by atoms with Gasteiger partial charge in [0.2, 0.25) is 0 Å². The zero-order valence-electron chi connectivity index (χ0n) is 15.7. The van der Waals surface area contributed by atoms with Crippen molar-refractivity contribution in [2.45, 2.75) is 57.9 Å². The lowest BCUT2D eigenvalue weighted by Gasteiger charge is -2.37. The van der Waals surface area contributed by atoms with Gasteiger partial charge in [-0.25, -0.2) is 4.39 Å². The van der Waals surface area contributed by atoms with E-state index in [0.29, 0.717) is 24.9 Å². The van der Waals surface area contributed by atoms with Gasteiger partial charge in [0, 0.05) is 12.5 Å². The molecule has 0 radical (unpaired) electrons. The van der Waals surface area contributed by atoms with Gasteiger partial charge in [-0.2, -0.15) is 13.2 Å². The van der Waals surface area contributed by atoms with Gasteiger partial charge < -0.3 is 14.2 Å². The molecule has 2 aliphatic rings. The largest absolute Gasteiger partial charge is 0.490 e. The molecule has 4 atom stereocenters. The van der Waals surface area contributed by atoms with E-state index >= 15 is 0 Å². The average molecular weight is 390 g/mol. The Kier molecular flexibility index (Phi) is 6.31. The molecule has 0 N–H and O–H groups in total. The standard InChI is InChI=1S/C20H26F4O3/c1-12-3-7-16(26-9-12)14-5-6-15(25-10-14)11-27-17-8-4-13(2)19(21)18(17)20(22,23)24/h4,8,12,14-16H,3,5-7,9-11H2,1-2H3/t12?,14?,15-,16-/m0/s1. The molecular formula is C20H26F4O3. The Hall–Kier alpha value is -1.34. The minimum Gasteiger partial charge on any atom is -0.490 e. The highest BCUT2D eigenvalue weighted by atomic mass is 19.4. The van der Waals surface area contributed by atoms with Crippen molar-refractivity contribution in [3.63, 3.8) is 0 Å². The molecule has 1 aromatic rings. The van der Waals surface area contributed by atoms with Gasteiger partial charge in [0.1, 0.15) is 23.7 Å². The van der Waals surface area contributed by atoms with Crippen molar-refractivity contribution in [1.29, 1.82) is 0 Å². The fraction of sp³-hybridized carbons (Fsp3) is 0.700. The van der Waals surface area contributed by atoms with Crippen LogP contribution in [-0.4, -0.2) is 32.0 Å². The predicted molar refractivity (Wildman–Crippen MR) is 92.2 cm³/mol. The van der Waals surface area contributed by atoms with Crippen LogP contribution < -0.4 is 4.74 Å². The Balaban J connectivity index is 1.54. The zero-order chi connectivity index (χ0) is 19.6. The summed E-state index contributed by atoms with van der Waals surface area (Å²) >= 11 is 0. The van der Waals surface area contributed by atoms with E-state index in [9.17, 15) is 17.6 Å². The normalized spacial score (nSPS) is 29.6. The minimum absolute atomic E-state index is 0.0269. The third kappa shape index (κ3) is 4.93. The maximum Gasteiger partial charge on any atom is 0.422 e. The highest BCUT2D eigenvalue weighted by Crippen LogP contribution is 2.39. The van der Waals surface area contributed by atoms with E-state index in [2.05, 4.69) is 6.92 Å². The fourth-order valence-electron chi connectivity index (χ4n) is 3.76. The van der Waals surface area contributed by atoms with Gasteiger partial charge in [-0.15, -0.1) is 0 Å². The monoisotopic (exact) mass is 390 g/mol. The van der Waals surface area contributed by atoms with Crippen molar-refractivity contribution in [2.24, 2.45) is 11.8 Å². The smallest absolute Gasteiger partial charge is 0.422 e. The minimum atomic E-state index is -4.81. The van der Waals surface area contributed by atoms with Crippen LogP contribution in [0.25, 0.3) is 0 Å². The van der Waals surface area contributed by atoms with Crippen molar-refractivity contribution >= 4 is 0 Å². The molecule has 152 valence electrons. The summed E-state index contributed by atoms with van der Waals surface area (Å²) in [6.45, 7) is 4.73. The van der Waals surface area contributed by atoms with Crippen LogP contribution in [0, 0.1) is 24.6 Å². The Morgan fingerprint density at radius 2 is 1.85 bits per heavy atom. The van der Waals surface area contributed by atoms with Crippen molar-refractivity contribution in [2.75, 3.05) is 19.8 Å². The molecular weight excluding hydrogens is 364 g/mol. The van der Waals surface area contributed by atoms with Crippen LogP contribution >= 0.6 is 0 Å². The van der Waals surface area contributed by atoms with E-state index in [-0.39, 0.29) is 24.4 Å². The van der Waals surface area contributed by atoms with Gasteiger partial charge in [0.15, 0.2) is 0 Å². The molecule has 2 aliphatic heterocycles. The summed E-state index contributed by atoms with van der Waals surface area (Å²) in [5.41, 5.74) is -1.41. The molecule has 1 aromatic carbocycles. The van der Waals surface area contributed by atoms with E-state index in [1.54, 1.807) is 0 Å². The number of aryl methyl sites for hydroxylation is 1. The maximum absolute atomic E-state index is 14.0. The van der Waals surface area contributed by atoms with Gasteiger partial charge in [-0.05, 0) is 50.2 Å². The molecule has 7 heteroatoms. The first-order chi connectivity index (χ1) is 12.8. The van der Waals surface area contributed by atoms with Crippen LogP contribution in [0.4, 0.5) is 17.6 Å². The van der Waals surface area contributed by atoms with Gasteiger partial charge >= 0.3 is 6.18 Å². The van der Waals surface area contributed by atoms with E-state index in [0.717, 1.165) is 25.9 Å². The van der Waals surface area contributed by atoms with Crippen LogP contribution in [0.5, 0.6) is 5.75 Å².